The summed E-state index contributed by atoms with van der Waals surface area (Å²) in [5, 5.41) is 11.5. The normalized spacial score (nSPS) is 21.1. The summed E-state index contributed by atoms with van der Waals surface area (Å²) in [6, 6.07) is 5.59. The predicted molar refractivity (Wildman–Crippen MR) is 78.9 cm³/mol. The van der Waals surface area contributed by atoms with Crippen molar-refractivity contribution < 1.29 is 9.84 Å². The lowest BCUT2D eigenvalue weighted by Gasteiger charge is -2.40. The Hall–Kier alpha value is -0.730. The van der Waals surface area contributed by atoms with Crippen molar-refractivity contribution in [2.24, 2.45) is 5.41 Å². The van der Waals surface area contributed by atoms with Crippen molar-refractivity contribution in [1.29, 1.82) is 0 Å². The van der Waals surface area contributed by atoms with Crippen molar-refractivity contribution in [1.82, 2.24) is 0 Å². The number of hydrogen-bond acceptors (Lipinski definition) is 2. The van der Waals surface area contributed by atoms with Crippen molar-refractivity contribution >= 4 is 11.6 Å². The minimum absolute atomic E-state index is 0.352. The van der Waals surface area contributed by atoms with E-state index >= 15 is 0 Å². The maximum absolute atomic E-state index is 10.8. The molecule has 1 N–H and O–H groups in total. The Morgan fingerprint density at radius 1 is 1.21 bits per heavy atom. The monoisotopic (exact) mass is 282 g/mol. The van der Waals surface area contributed by atoms with Crippen LogP contribution < -0.4 is 4.74 Å². The molecular formula is C16H23ClO2. The number of halogens is 1. The third-order valence-corrected chi connectivity index (χ3v) is 4.53. The highest BCUT2D eigenvalue weighted by Crippen LogP contribution is 2.42. The summed E-state index contributed by atoms with van der Waals surface area (Å²) in [5.74, 6) is 0.808. The van der Waals surface area contributed by atoms with Crippen molar-refractivity contribution in [3.8, 4) is 5.75 Å². The first-order valence-electron chi connectivity index (χ1n) is 6.88. The lowest BCUT2D eigenvalue weighted by Crippen LogP contribution is -2.38. The van der Waals surface area contributed by atoms with Crippen molar-refractivity contribution in [2.75, 3.05) is 7.11 Å². The largest absolute Gasteiger partial charge is 0.496 e. The Labute approximate surface area is 120 Å². The number of ether oxygens (including phenoxy) is 1. The second kappa shape index (κ2) is 5.34. The zero-order valence-corrected chi connectivity index (χ0v) is 12.8. The quantitative estimate of drug-likeness (QED) is 0.899. The van der Waals surface area contributed by atoms with E-state index in [9.17, 15) is 5.11 Å². The summed E-state index contributed by atoms with van der Waals surface area (Å²) >= 11 is 6.05. The summed E-state index contributed by atoms with van der Waals surface area (Å²) in [7, 11) is 1.65. The van der Waals surface area contributed by atoms with Crippen LogP contribution in [0, 0.1) is 5.41 Å². The Bertz CT molecular complexity index is 444. The van der Waals surface area contributed by atoms with Gasteiger partial charge < -0.3 is 9.84 Å². The summed E-state index contributed by atoms with van der Waals surface area (Å²) in [4.78, 5) is 0. The fourth-order valence-corrected chi connectivity index (χ4v) is 3.00. The van der Waals surface area contributed by atoms with Gasteiger partial charge in [-0.25, -0.2) is 0 Å². The smallest absolute Gasteiger partial charge is 0.122 e. The van der Waals surface area contributed by atoms with E-state index in [-0.39, 0.29) is 0 Å². The maximum Gasteiger partial charge on any atom is 0.122 e. The first-order valence-corrected chi connectivity index (χ1v) is 7.26. The molecule has 1 saturated carbocycles. The summed E-state index contributed by atoms with van der Waals surface area (Å²) < 4.78 is 5.36. The number of methoxy groups -OCH3 is 1. The van der Waals surface area contributed by atoms with E-state index in [4.69, 9.17) is 16.3 Å². The zero-order valence-electron chi connectivity index (χ0n) is 12.0. The fraction of sp³-hybridized carbons (Fsp3) is 0.625. The van der Waals surface area contributed by atoms with Crippen molar-refractivity contribution in [2.45, 2.75) is 51.6 Å². The lowest BCUT2D eigenvalue weighted by molar-refractivity contribution is -0.0254. The Morgan fingerprint density at radius 2 is 1.84 bits per heavy atom. The molecule has 1 aromatic rings. The minimum Gasteiger partial charge on any atom is -0.496 e. The Morgan fingerprint density at radius 3 is 2.42 bits per heavy atom. The Kier molecular flexibility index (Phi) is 4.12. The third kappa shape index (κ3) is 3.64. The molecule has 19 heavy (non-hydrogen) atoms. The average Bonchev–Trinajstić information content (AvgIpc) is 2.34. The van der Waals surface area contributed by atoms with Crippen LogP contribution in [0.25, 0.3) is 0 Å². The molecule has 2 nitrogen and oxygen atoms in total. The number of hydrogen-bond donors (Lipinski definition) is 1. The third-order valence-electron chi connectivity index (χ3n) is 4.30. The topological polar surface area (TPSA) is 29.5 Å². The van der Waals surface area contributed by atoms with Gasteiger partial charge in [0.15, 0.2) is 0 Å². The summed E-state index contributed by atoms with van der Waals surface area (Å²) in [6.07, 6.45) is 4.43. The van der Waals surface area contributed by atoms with Gasteiger partial charge in [-0.2, -0.15) is 0 Å². The number of benzene rings is 1. The van der Waals surface area contributed by atoms with Gasteiger partial charge >= 0.3 is 0 Å². The summed E-state index contributed by atoms with van der Waals surface area (Å²) in [5.41, 5.74) is 0.732. The van der Waals surface area contributed by atoms with Crippen LogP contribution in [0.3, 0.4) is 0 Å². The number of aliphatic hydroxyl groups is 1. The molecule has 1 aromatic carbocycles. The molecule has 0 spiro atoms. The van der Waals surface area contributed by atoms with E-state index in [0.29, 0.717) is 16.9 Å². The number of rotatable bonds is 3. The van der Waals surface area contributed by atoms with Gasteiger partial charge in [0.25, 0.3) is 0 Å². The molecule has 1 aliphatic rings. The molecule has 3 heteroatoms. The molecule has 1 fully saturated rings. The molecule has 0 radical (unpaired) electrons. The first-order chi connectivity index (χ1) is 8.84. The highest BCUT2D eigenvalue weighted by Gasteiger charge is 2.37. The van der Waals surface area contributed by atoms with Crippen molar-refractivity contribution in [3.63, 3.8) is 0 Å². The standard InChI is InChI=1S/C16H23ClO2/c1-15(2)6-8-16(18,9-7-15)11-12-10-13(17)4-5-14(12)19-3/h4-5,10,18H,6-9,11H2,1-3H3. The average molecular weight is 283 g/mol. The van der Waals surface area contributed by atoms with Crippen LogP contribution >= 0.6 is 11.6 Å². The van der Waals surface area contributed by atoms with Gasteiger partial charge in [-0.3, -0.25) is 0 Å². The van der Waals surface area contributed by atoms with Crippen LogP contribution in [0.2, 0.25) is 5.02 Å². The van der Waals surface area contributed by atoms with E-state index in [2.05, 4.69) is 13.8 Å². The van der Waals surface area contributed by atoms with Crippen LogP contribution in [-0.4, -0.2) is 17.8 Å². The SMILES string of the molecule is COc1ccc(Cl)cc1CC1(O)CCC(C)(C)CC1. The molecule has 0 unspecified atom stereocenters. The second-order valence-electron chi connectivity index (χ2n) is 6.52. The van der Waals surface area contributed by atoms with Crippen LogP contribution in [-0.2, 0) is 6.42 Å². The van der Waals surface area contributed by atoms with Crippen LogP contribution in [0.1, 0.15) is 45.1 Å². The van der Waals surface area contributed by atoms with Crippen LogP contribution in [0.5, 0.6) is 5.75 Å². The molecule has 0 saturated heterocycles. The molecule has 0 aromatic heterocycles. The molecular weight excluding hydrogens is 260 g/mol. The lowest BCUT2D eigenvalue weighted by atomic mass is 9.69. The van der Waals surface area contributed by atoms with Crippen LogP contribution in [0.4, 0.5) is 0 Å². The molecule has 0 aliphatic heterocycles. The highest BCUT2D eigenvalue weighted by molar-refractivity contribution is 6.30. The van der Waals surface area contributed by atoms with E-state index in [0.717, 1.165) is 37.0 Å². The minimum atomic E-state index is -0.618. The molecule has 106 valence electrons. The molecule has 2 rings (SSSR count). The zero-order chi connectivity index (χ0) is 14.1. The Balaban J connectivity index is 2.15. The van der Waals surface area contributed by atoms with E-state index in [1.54, 1.807) is 7.11 Å². The molecule has 0 bridgehead atoms. The molecule has 1 aliphatic carbocycles. The van der Waals surface area contributed by atoms with Gasteiger partial charge in [0, 0.05) is 11.4 Å². The second-order valence-corrected chi connectivity index (χ2v) is 6.96. The van der Waals surface area contributed by atoms with Gasteiger partial charge in [0.05, 0.1) is 12.7 Å². The van der Waals surface area contributed by atoms with Gasteiger partial charge in [-0.1, -0.05) is 25.4 Å². The van der Waals surface area contributed by atoms with E-state index in [1.165, 1.54) is 0 Å². The molecule has 0 atom stereocenters. The van der Waals surface area contributed by atoms with Crippen LogP contribution in [0.15, 0.2) is 18.2 Å². The first kappa shape index (κ1) is 14.7. The molecule has 0 heterocycles. The predicted octanol–water partition coefficient (Wildman–Crippen LogP) is 4.22. The van der Waals surface area contributed by atoms with Crippen molar-refractivity contribution in [3.05, 3.63) is 28.8 Å². The van der Waals surface area contributed by atoms with Gasteiger partial charge in [-0.05, 0) is 54.9 Å². The van der Waals surface area contributed by atoms with E-state index in [1.807, 2.05) is 18.2 Å². The van der Waals surface area contributed by atoms with Gasteiger partial charge in [-0.15, -0.1) is 0 Å². The van der Waals surface area contributed by atoms with Gasteiger partial charge in [0.2, 0.25) is 0 Å². The maximum atomic E-state index is 10.8. The van der Waals surface area contributed by atoms with Gasteiger partial charge in [0.1, 0.15) is 5.75 Å². The fourth-order valence-electron chi connectivity index (χ4n) is 2.81. The van der Waals surface area contributed by atoms with E-state index < -0.39 is 5.60 Å². The summed E-state index contributed by atoms with van der Waals surface area (Å²) in [6.45, 7) is 4.54. The molecule has 0 amide bonds. The highest BCUT2D eigenvalue weighted by atomic mass is 35.5.